The highest BCUT2D eigenvalue weighted by molar-refractivity contribution is 5.06. The fourth-order valence-electron chi connectivity index (χ4n) is 2.32. The minimum Gasteiger partial charge on any atom is -0.377 e. The molecule has 1 aliphatic rings. The molecule has 0 atom stereocenters. The Labute approximate surface area is 104 Å². The Morgan fingerprint density at radius 2 is 2.24 bits per heavy atom. The molecule has 1 N–H and O–H groups in total. The highest BCUT2D eigenvalue weighted by Crippen LogP contribution is 2.17. The average Bonchev–Trinajstić information content (AvgIpc) is 2.41. The predicted octanol–water partition coefficient (Wildman–Crippen LogP) is 2.38. The standard InChI is InChI=1S/C14H22N2O/c1-3-14(11-16-7-1)12-17-10-2-4-13-5-8-15-9-6-13/h1,3,7,11,13,15H,2,4-6,8-10,12H2. The second kappa shape index (κ2) is 7.41. The number of nitrogens with zero attached hydrogens (tertiary/aromatic N) is 1. The first-order chi connectivity index (χ1) is 8.45. The van der Waals surface area contributed by atoms with Gasteiger partial charge in [0, 0.05) is 19.0 Å². The van der Waals surface area contributed by atoms with Crippen molar-refractivity contribution >= 4 is 0 Å². The third kappa shape index (κ3) is 4.84. The van der Waals surface area contributed by atoms with E-state index in [9.17, 15) is 0 Å². The molecule has 0 aromatic carbocycles. The van der Waals surface area contributed by atoms with Gasteiger partial charge in [0.25, 0.3) is 0 Å². The summed E-state index contributed by atoms with van der Waals surface area (Å²) in [6.45, 7) is 3.96. The SMILES string of the molecule is c1cncc(COCCCC2CCNCC2)c1. The van der Waals surface area contributed by atoms with Crippen LogP contribution in [0.5, 0.6) is 0 Å². The second-order valence-corrected chi connectivity index (χ2v) is 4.75. The van der Waals surface area contributed by atoms with Crippen molar-refractivity contribution in [2.45, 2.75) is 32.3 Å². The monoisotopic (exact) mass is 234 g/mol. The average molecular weight is 234 g/mol. The number of rotatable bonds is 6. The van der Waals surface area contributed by atoms with E-state index in [0.29, 0.717) is 6.61 Å². The van der Waals surface area contributed by atoms with Crippen LogP contribution in [0.1, 0.15) is 31.2 Å². The normalized spacial score (nSPS) is 17.2. The van der Waals surface area contributed by atoms with E-state index in [0.717, 1.165) is 18.1 Å². The van der Waals surface area contributed by atoms with Gasteiger partial charge in [0.15, 0.2) is 0 Å². The number of pyridine rings is 1. The smallest absolute Gasteiger partial charge is 0.0731 e. The van der Waals surface area contributed by atoms with Crippen LogP contribution in [0.25, 0.3) is 0 Å². The lowest BCUT2D eigenvalue weighted by Gasteiger charge is -2.22. The molecule has 1 aliphatic heterocycles. The fourth-order valence-corrected chi connectivity index (χ4v) is 2.32. The Morgan fingerprint density at radius 3 is 3.00 bits per heavy atom. The van der Waals surface area contributed by atoms with Crippen molar-refractivity contribution in [3.63, 3.8) is 0 Å². The number of nitrogens with one attached hydrogen (secondary N) is 1. The van der Waals surface area contributed by atoms with Crippen LogP contribution >= 0.6 is 0 Å². The van der Waals surface area contributed by atoms with Gasteiger partial charge in [0.2, 0.25) is 0 Å². The Bertz CT molecular complexity index is 296. The maximum absolute atomic E-state index is 5.66. The van der Waals surface area contributed by atoms with E-state index in [1.54, 1.807) is 6.20 Å². The van der Waals surface area contributed by atoms with Crippen molar-refractivity contribution in [2.24, 2.45) is 5.92 Å². The molecule has 2 rings (SSSR count). The predicted molar refractivity (Wildman–Crippen MR) is 68.7 cm³/mol. The van der Waals surface area contributed by atoms with E-state index in [2.05, 4.69) is 16.4 Å². The maximum Gasteiger partial charge on any atom is 0.0731 e. The molecule has 94 valence electrons. The fraction of sp³-hybridized carbons (Fsp3) is 0.643. The number of aromatic nitrogens is 1. The molecule has 0 bridgehead atoms. The van der Waals surface area contributed by atoms with Crippen LogP contribution in [-0.4, -0.2) is 24.7 Å². The molecule has 2 heterocycles. The van der Waals surface area contributed by atoms with E-state index in [1.165, 1.54) is 38.8 Å². The minimum absolute atomic E-state index is 0.695. The van der Waals surface area contributed by atoms with Crippen LogP contribution in [0.15, 0.2) is 24.5 Å². The zero-order chi connectivity index (χ0) is 11.8. The van der Waals surface area contributed by atoms with E-state index in [1.807, 2.05) is 12.3 Å². The molecule has 0 radical (unpaired) electrons. The maximum atomic E-state index is 5.66. The third-order valence-corrected chi connectivity index (χ3v) is 3.35. The lowest BCUT2D eigenvalue weighted by atomic mass is 9.93. The van der Waals surface area contributed by atoms with Crippen LogP contribution < -0.4 is 5.32 Å². The van der Waals surface area contributed by atoms with Gasteiger partial charge in [0.1, 0.15) is 0 Å². The summed E-state index contributed by atoms with van der Waals surface area (Å²) in [6, 6.07) is 4.01. The molecule has 1 aromatic rings. The van der Waals surface area contributed by atoms with Gasteiger partial charge >= 0.3 is 0 Å². The summed E-state index contributed by atoms with van der Waals surface area (Å²) in [4.78, 5) is 4.07. The van der Waals surface area contributed by atoms with Gasteiger partial charge < -0.3 is 10.1 Å². The van der Waals surface area contributed by atoms with Crippen molar-refractivity contribution < 1.29 is 4.74 Å². The van der Waals surface area contributed by atoms with Crippen molar-refractivity contribution in [1.82, 2.24) is 10.3 Å². The summed E-state index contributed by atoms with van der Waals surface area (Å²) in [5.41, 5.74) is 1.16. The molecule has 1 saturated heterocycles. The molecule has 0 unspecified atom stereocenters. The summed E-state index contributed by atoms with van der Waals surface area (Å²) in [5.74, 6) is 0.915. The first kappa shape index (κ1) is 12.5. The van der Waals surface area contributed by atoms with Crippen molar-refractivity contribution in [2.75, 3.05) is 19.7 Å². The minimum atomic E-state index is 0.695. The van der Waals surface area contributed by atoms with Gasteiger partial charge in [-0.25, -0.2) is 0 Å². The Balaban J connectivity index is 1.51. The van der Waals surface area contributed by atoms with E-state index in [-0.39, 0.29) is 0 Å². The van der Waals surface area contributed by atoms with E-state index in [4.69, 9.17) is 4.74 Å². The zero-order valence-electron chi connectivity index (χ0n) is 10.4. The summed E-state index contributed by atoms with van der Waals surface area (Å²) in [5, 5.41) is 3.40. The molecular weight excluding hydrogens is 212 g/mol. The Kier molecular flexibility index (Phi) is 5.46. The van der Waals surface area contributed by atoms with Gasteiger partial charge in [-0.2, -0.15) is 0 Å². The molecule has 0 aliphatic carbocycles. The number of ether oxygens (including phenoxy) is 1. The molecule has 0 spiro atoms. The summed E-state index contributed by atoms with van der Waals surface area (Å²) < 4.78 is 5.66. The van der Waals surface area contributed by atoms with Crippen molar-refractivity contribution in [1.29, 1.82) is 0 Å². The molecule has 3 heteroatoms. The zero-order valence-corrected chi connectivity index (χ0v) is 10.4. The molecule has 0 saturated carbocycles. The molecule has 1 aromatic heterocycles. The van der Waals surface area contributed by atoms with Gasteiger partial charge in [0.05, 0.1) is 6.61 Å². The summed E-state index contributed by atoms with van der Waals surface area (Å²) in [7, 11) is 0. The second-order valence-electron chi connectivity index (χ2n) is 4.75. The lowest BCUT2D eigenvalue weighted by molar-refractivity contribution is 0.112. The molecular formula is C14H22N2O. The quantitative estimate of drug-likeness (QED) is 0.767. The topological polar surface area (TPSA) is 34.1 Å². The Morgan fingerprint density at radius 1 is 1.35 bits per heavy atom. The van der Waals surface area contributed by atoms with Gasteiger partial charge in [-0.05, 0) is 56.3 Å². The number of piperidine rings is 1. The molecule has 17 heavy (non-hydrogen) atoms. The number of hydrogen-bond donors (Lipinski definition) is 1. The van der Waals surface area contributed by atoms with E-state index < -0.39 is 0 Å². The third-order valence-electron chi connectivity index (χ3n) is 3.35. The lowest BCUT2D eigenvalue weighted by Crippen LogP contribution is -2.27. The van der Waals surface area contributed by atoms with Crippen molar-refractivity contribution in [3.8, 4) is 0 Å². The van der Waals surface area contributed by atoms with Gasteiger partial charge in [-0.1, -0.05) is 6.07 Å². The highest BCUT2D eigenvalue weighted by atomic mass is 16.5. The van der Waals surface area contributed by atoms with Gasteiger partial charge in [-0.3, -0.25) is 4.98 Å². The number of hydrogen-bond acceptors (Lipinski definition) is 3. The van der Waals surface area contributed by atoms with E-state index >= 15 is 0 Å². The van der Waals surface area contributed by atoms with Crippen LogP contribution in [0.3, 0.4) is 0 Å². The first-order valence-corrected chi connectivity index (χ1v) is 6.62. The first-order valence-electron chi connectivity index (χ1n) is 6.62. The Hall–Kier alpha value is -0.930. The van der Waals surface area contributed by atoms with Crippen LogP contribution in [-0.2, 0) is 11.3 Å². The molecule has 1 fully saturated rings. The van der Waals surface area contributed by atoms with Gasteiger partial charge in [-0.15, -0.1) is 0 Å². The highest BCUT2D eigenvalue weighted by Gasteiger charge is 2.11. The molecule has 0 amide bonds. The van der Waals surface area contributed by atoms with Crippen LogP contribution in [0, 0.1) is 5.92 Å². The summed E-state index contributed by atoms with van der Waals surface area (Å²) in [6.07, 6.45) is 8.83. The van der Waals surface area contributed by atoms with Crippen molar-refractivity contribution in [3.05, 3.63) is 30.1 Å². The largest absolute Gasteiger partial charge is 0.377 e. The summed E-state index contributed by atoms with van der Waals surface area (Å²) >= 11 is 0. The molecule has 3 nitrogen and oxygen atoms in total. The van der Waals surface area contributed by atoms with Crippen LogP contribution in [0.4, 0.5) is 0 Å². The van der Waals surface area contributed by atoms with Crippen LogP contribution in [0.2, 0.25) is 0 Å².